The summed E-state index contributed by atoms with van der Waals surface area (Å²) in [6.45, 7) is 1.32. The van der Waals surface area contributed by atoms with E-state index in [0.717, 1.165) is 0 Å². The molecule has 0 aliphatic carbocycles. The van der Waals surface area contributed by atoms with E-state index in [0.29, 0.717) is 5.69 Å². The Morgan fingerprint density at radius 3 is 2.61 bits per heavy atom. The molecule has 3 N–H and O–H groups in total. The van der Waals surface area contributed by atoms with E-state index in [2.05, 4.69) is 10.6 Å². The van der Waals surface area contributed by atoms with Gasteiger partial charge in [0.2, 0.25) is 5.91 Å². The number of carbonyl (C=O) groups is 1. The first-order valence-electron chi connectivity index (χ1n) is 4.94. The van der Waals surface area contributed by atoms with Gasteiger partial charge in [-0.05, 0) is 18.2 Å². The Morgan fingerprint density at radius 1 is 1.39 bits per heavy atom. The molecule has 0 aliphatic rings. The van der Waals surface area contributed by atoms with Gasteiger partial charge in [-0.15, -0.1) is 0 Å². The third-order valence-electron chi connectivity index (χ3n) is 1.93. The summed E-state index contributed by atoms with van der Waals surface area (Å²) < 4.78 is 0. The van der Waals surface area contributed by atoms with E-state index in [-0.39, 0.29) is 22.9 Å². The van der Waals surface area contributed by atoms with Crippen LogP contribution in [0.3, 0.4) is 0 Å². The summed E-state index contributed by atoms with van der Waals surface area (Å²) >= 11 is 0. The highest BCUT2D eigenvalue weighted by Crippen LogP contribution is 2.26. The lowest BCUT2D eigenvalue weighted by Crippen LogP contribution is -2.06. The molecule has 6 nitrogen and oxygen atoms in total. The van der Waals surface area contributed by atoms with Crippen molar-refractivity contribution in [3.8, 4) is 17.9 Å². The molecule has 0 aromatic heterocycles. The van der Waals surface area contributed by atoms with Crippen molar-refractivity contribution in [3.63, 3.8) is 0 Å². The second-order valence-corrected chi connectivity index (χ2v) is 3.34. The van der Waals surface area contributed by atoms with E-state index in [4.69, 9.17) is 10.5 Å². The average Bonchev–Trinajstić information content (AvgIpc) is 2.33. The van der Waals surface area contributed by atoms with Crippen LogP contribution in [0, 0.1) is 22.7 Å². The second kappa shape index (κ2) is 5.92. The summed E-state index contributed by atoms with van der Waals surface area (Å²) in [5.74, 6) is -0.381. The molecule has 18 heavy (non-hydrogen) atoms. The van der Waals surface area contributed by atoms with Gasteiger partial charge >= 0.3 is 0 Å². The van der Waals surface area contributed by atoms with Crippen LogP contribution in [0.5, 0.6) is 5.75 Å². The Kier molecular flexibility index (Phi) is 4.30. The number of anilines is 2. The highest BCUT2D eigenvalue weighted by atomic mass is 16.3. The molecular weight excluding hydrogens is 232 g/mol. The number of nitriles is 2. The fourth-order valence-electron chi connectivity index (χ4n) is 1.16. The number of hydrogen-bond acceptors (Lipinski definition) is 5. The Hall–Kier alpha value is -2.99. The van der Waals surface area contributed by atoms with Crippen LogP contribution < -0.4 is 10.6 Å². The number of carbonyl (C=O) groups excluding carboxylic acids is 1. The largest absolute Gasteiger partial charge is 0.506 e. The summed E-state index contributed by atoms with van der Waals surface area (Å²) in [4.78, 5) is 10.9. The maximum absolute atomic E-state index is 10.9. The second-order valence-electron chi connectivity index (χ2n) is 3.34. The van der Waals surface area contributed by atoms with Gasteiger partial charge in [0.15, 0.2) is 0 Å². The number of benzene rings is 1. The van der Waals surface area contributed by atoms with Crippen molar-refractivity contribution in [2.24, 2.45) is 0 Å². The first-order chi connectivity index (χ1) is 8.56. The lowest BCUT2D eigenvalue weighted by molar-refractivity contribution is -0.114. The van der Waals surface area contributed by atoms with Crippen LogP contribution in [0.15, 0.2) is 30.0 Å². The molecule has 1 rings (SSSR count). The third kappa shape index (κ3) is 3.54. The molecule has 1 aromatic carbocycles. The van der Waals surface area contributed by atoms with E-state index in [1.165, 1.54) is 25.3 Å². The van der Waals surface area contributed by atoms with Crippen molar-refractivity contribution in [1.82, 2.24) is 0 Å². The zero-order chi connectivity index (χ0) is 13.5. The van der Waals surface area contributed by atoms with Gasteiger partial charge in [-0.2, -0.15) is 10.5 Å². The van der Waals surface area contributed by atoms with Crippen molar-refractivity contribution in [3.05, 3.63) is 30.0 Å². The predicted octanol–water partition coefficient (Wildman–Crippen LogP) is 1.69. The molecule has 1 aromatic rings. The van der Waals surface area contributed by atoms with Gasteiger partial charge in [0, 0.05) is 18.8 Å². The molecule has 90 valence electrons. The summed E-state index contributed by atoms with van der Waals surface area (Å²) in [5.41, 5.74) is 0.695. The Bertz CT molecular complexity index is 563. The molecule has 0 radical (unpaired) electrons. The molecule has 0 bridgehead atoms. The smallest absolute Gasteiger partial charge is 0.221 e. The van der Waals surface area contributed by atoms with Crippen LogP contribution in [-0.4, -0.2) is 11.0 Å². The van der Waals surface area contributed by atoms with Gasteiger partial charge in [-0.25, -0.2) is 0 Å². The molecule has 1 amide bonds. The van der Waals surface area contributed by atoms with Crippen LogP contribution >= 0.6 is 0 Å². The number of nitrogens with zero attached hydrogens (tertiary/aromatic N) is 2. The van der Waals surface area contributed by atoms with Gasteiger partial charge in [0.1, 0.15) is 23.5 Å². The number of rotatable bonds is 3. The summed E-state index contributed by atoms with van der Waals surface area (Å²) in [6, 6.07) is 7.82. The van der Waals surface area contributed by atoms with E-state index in [1.54, 1.807) is 18.2 Å². The van der Waals surface area contributed by atoms with Gasteiger partial charge in [-0.1, -0.05) is 0 Å². The molecule has 0 aliphatic heterocycles. The lowest BCUT2D eigenvalue weighted by atomic mass is 10.2. The third-order valence-corrected chi connectivity index (χ3v) is 1.93. The predicted molar refractivity (Wildman–Crippen MR) is 65.3 cm³/mol. The quantitative estimate of drug-likeness (QED) is 0.424. The van der Waals surface area contributed by atoms with Gasteiger partial charge in [-0.3, -0.25) is 4.79 Å². The number of hydrogen-bond donors (Lipinski definition) is 3. The van der Waals surface area contributed by atoms with Crippen LogP contribution in [-0.2, 0) is 4.79 Å². The minimum absolute atomic E-state index is 0.0690. The monoisotopic (exact) mass is 242 g/mol. The lowest BCUT2D eigenvalue weighted by Gasteiger charge is -2.07. The Morgan fingerprint density at radius 2 is 2.06 bits per heavy atom. The molecule has 0 unspecified atom stereocenters. The van der Waals surface area contributed by atoms with Crippen LogP contribution in [0.4, 0.5) is 11.4 Å². The standard InChI is InChI=1S/C12H10N4O2/c1-8(17)16-11-4-10(2-3-12(11)18)15-7-9(5-13)6-14/h2-4,7,15,18H,1H3,(H,16,17). The number of phenolic OH excluding ortho intramolecular Hbond substituents is 1. The number of amides is 1. The number of aromatic hydroxyl groups is 1. The molecule has 0 atom stereocenters. The van der Waals surface area contributed by atoms with E-state index in [1.807, 2.05) is 0 Å². The van der Waals surface area contributed by atoms with Crippen LogP contribution in [0.1, 0.15) is 6.92 Å². The molecule has 0 heterocycles. The van der Waals surface area contributed by atoms with Crippen molar-refractivity contribution >= 4 is 17.3 Å². The van der Waals surface area contributed by atoms with Crippen molar-refractivity contribution in [2.75, 3.05) is 10.6 Å². The maximum Gasteiger partial charge on any atom is 0.221 e. The molecular formula is C12H10N4O2. The SMILES string of the molecule is CC(=O)Nc1cc(NC=C(C#N)C#N)ccc1O. The average molecular weight is 242 g/mol. The summed E-state index contributed by atoms with van der Waals surface area (Å²) in [6.07, 6.45) is 1.24. The number of nitrogens with one attached hydrogen (secondary N) is 2. The summed E-state index contributed by atoms with van der Waals surface area (Å²) in [5, 5.41) is 31.7. The fourth-order valence-corrected chi connectivity index (χ4v) is 1.16. The Balaban J connectivity index is 2.93. The molecule has 0 saturated carbocycles. The minimum atomic E-state index is -0.312. The number of allylic oxidation sites excluding steroid dienone is 1. The van der Waals surface area contributed by atoms with Crippen molar-refractivity contribution < 1.29 is 9.90 Å². The normalized spacial score (nSPS) is 8.61. The minimum Gasteiger partial charge on any atom is -0.506 e. The highest BCUT2D eigenvalue weighted by Gasteiger charge is 2.03. The van der Waals surface area contributed by atoms with E-state index < -0.39 is 0 Å². The molecule has 6 heteroatoms. The summed E-state index contributed by atoms with van der Waals surface area (Å²) in [7, 11) is 0. The topological polar surface area (TPSA) is 109 Å². The van der Waals surface area contributed by atoms with E-state index >= 15 is 0 Å². The zero-order valence-electron chi connectivity index (χ0n) is 9.56. The molecule has 0 spiro atoms. The van der Waals surface area contributed by atoms with E-state index in [9.17, 15) is 9.90 Å². The van der Waals surface area contributed by atoms with Gasteiger partial charge < -0.3 is 15.7 Å². The first kappa shape index (κ1) is 13.1. The van der Waals surface area contributed by atoms with Crippen molar-refractivity contribution in [2.45, 2.75) is 6.92 Å². The molecule has 0 saturated heterocycles. The zero-order valence-corrected chi connectivity index (χ0v) is 9.56. The van der Waals surface area contributed by atoms with Gasteiger partial charge in [0.25, 0.3) is 0 Å². The van der Waals surface area contributed by atoms with Gasteiger partial charge in [0.05, 0.1) is 5.69 Å². The van der Waals surface area contributed by atoms with Crippen LogP contribution in [0.2, 0.25) is 0 Å². The number of phenols is 1. The fraction of sp³-hybridized carbons (Fsp3) is 0.0833. The van der Waals surface area contributed by atoms with Crippen LogP contribution in [0.25, 0.3) is 0 Å². The first-order valence-corrected chi connectivity index (χ1v) is 4.94. The Labute approximate surface area is 104 Å². The highest BCUT2D eigenvalue weighted by molar-refractivity contribution is 5.91. The van der Waals surface area contributed by atoms with Crippen molar-refractivity contribution in [1.29, 1.82) is 10.5 Å². The maximum atomic E-state index is 10.9. The molecule has 0 fully saturated rings.